The molecular formula is C17H18N4O3S. The Morgan fingerprint density at radius 1 is 1.36 bits per heavy atom. The minimum absolute atomic E-state index is 0.0514. The number of amides is 1. The fourth-order valence-electron chi connectivity index (χ4n) is 2.64. The van der Waals surface area contributed by atoms with E-state index in [2.05, 4.69) is 15.5 Å². The second kappa shape index (κ2) is 7.02. The topological polar surface area (TPSA) is 86.1 Å². The minimum Gasteiger partial charge on any atom is -0.495 e. The number of carbonyl (C=O) groups excluding carboxylic acids is 1. The van der Waals surface area contributed by atoms with Gasteiger partial charge in [-0.15, -0.1) is 10.2 Å². The summed E-state index contributed by atoms with van der Waals surface area (Å²) in [6.07, 6.45) is 3.28. The van der Waals surface area contributed by atoms with Crippen molar-refractivity contribution in [3.8, 4) is 5.75 Å². The Labute approximate surface area is 148 Å². The van der Waals surface area contributed by atoms with Crippen molar-refractivity contribution in [2.45, 2.75) is 19.8 Å². The summed E-state index contributed by atoms with van der Waals surface area (Å²) in [6.45, 7) is 2.05. The summed E-state index contributed by atoms with van der Waals surface area (Å²) in [4.78, 5) is 25.3. The highest BCUT2D eigenvalue weighted by Gasteiger charge is 2.18. The zero-order valence-corrected chi connectivity index (χ0v) is 15.0. The third kappa shape index (κ3) is 3.25. The Bertz CT molecular complexity index is 993. The minimum atomic E-state index is -0.496. The molecule has 0 fully saturated rings. The normalized spacial score (nSPS) is 10.8. The van der Waals surface area contributed by atoms with Gasteiger partial charge in [0, 0.05) is 19.7 Å². The molecule has 8 heteroatoms. The zero-order chi connectivity index (χ0) is 18.0. The number of methoxy groups -OCH3 is 1. The number of aromatic nitrogens is 3. The Balaban J connectivity index is 1.99. The van der Waals surface area contributed by atoms with E-state index in [0.717, 1.165) is 17.8 Å². The van der Waals surface area contributed by atoms with Crippen molar-refractivity contribution in [3.63, 3.8) is 0 Å². The van der Waals surface area contributed by atoms with Gasteiger partial charge in [-0.25, -0.2) is 0 Å². The second-order valence-electron chi connectivity index (χ2n) is 5.54. The molecule has 1 amide bonds. The van der Waals surface area contributed by atoms with Crippen LogP contribution < -0.4 is 15.5 Å². The van der Waals surface area contributed by atoms with Gasteiger partial charge in [0.15, 0.2) is 0 Å². The van der Waals surface area contributed by atoms with E-state index in [-0.39, 0.29) is 11.0 Å². The number of anilines is 1. The average Bonchev–Trinajstić information content (AvgIpc) is 3.04. The smallest absolute Gasteiger partial charge is 0.262 e. The number of hydrogen-bond donors (Lipinski definition) is 1. The predicted molar refractivity (Wildman–Crippen MR) is 97.6 cm³/mol. The molecule has 0 atom stereocenters. The molecule has 0 saturated carbocycles. The highest BCUT2D eigenvalue weighted by Crippen LogP contribution is 2.23. The van der Waals surface area contributed by atoms with E-state index in [1.807, 2.05) is 6.92 Å². The third-order valence-electron chi connectivity index (χ3n) is 3.78. The van der Waals surface area contributed by atoms with Crippen molar-refractivity contribution in [1.82, 2.24) is 14.8 Å². The summed E-state index contributed by atoms with van der Waals surface area (Å²) in [5.74, 6) is 0.0851. The number of fused-ring (bicyclic) bond motifs is 1. The van der Waals surface area contributed by atoms with Crippen LogP contribution in [0, 0.1) is 0 Å². The number of rotatable bonds is 5. The molecule has 3 rings (SSSR count). The molecule has 0 radical (unpaired) electrons. The van der Waals surface area contributed by atoms with Crippen LogP contribution in [0.25, 0.3) is 10.9 Å². The van der Waals surface area contributed by atoms with Gasteiger partial charge in [-0.3, -0.25) is 14.9 Å². The van der Waals surface area contributed by atoms with Crippen LogP contribution >= 0.6 is 11.3 Å². The third-order valence-corrected chi connectivity index (χ3v) is 4.68. The van der Waals surface area contributed by atoms with Crippen molar-refractivity contribution >= 4 is 33.3 Å². The summed E-state index contributed by atoms with van der Waals surface area (Å²) < 4.78 is 7.02. The summed E-state index contributed by atoms with van der Waals surface area (Å²) in [7, 11) is 3.31. The van der Waals surface area contributed by atoms with E-state index in [9.17, 15) is 9.59 Å². The van der Waals surface area contributed by atoms with Crippen molar-refractivity contribution in [2.75, 3.05) is 12.4 Å². The Morgan fingerprint density at radius 3 is 2.88 bits per heavy atom. The number of benzene rings is 1. The summed E-state index contributed by atoms with van der Waals surface area (Å²) in [5, 5.41) is 12.3. The number of para-hydroxylation sites is 1. The van der Waals surface area contributed by atoms with Gasteiger partial charge in [-0.1, -0.05) is 24.3 Å². The first-order valence-electron chi connectivity index (χ1n) is 7.85. The van der Waals surface area contributed by atoms with Crippen LogP contribution in [0.4, 0.5) is 5.13 Å². The highest BCUT2D eigenvalue weighted by molar-refractivity contribution is 7.15. The fraction of sp³-hybridized carbons (Fsp3) is 0.294. The number of pyridine rings is 1. The van der Waals surface area contributed by atoms with Crippen molar-refractivity contribution < 1.29 is 9.53 Å². The molecule has 2 aromatic heterocycles. The number of nitrogens with zero attached hydrogens (tertiary/aromatic N) is 3. The molecular weight excluding hydrogens is 340 g/mol. The molecule has 130 valence electrons. The molecule has 1 N–H and O–H groups in total. The molecule has 7 nitrogen and oxygen atoms in total. The maximum absolute atomic E-state index is 12.7. The van der Waals surface area contributed by atoms with Crippen molar-refractivity contribution in [3.05, 3.63) is 45.2 Å². The molecule has 1 aromatic carbocycles. The van der Waals surface area contributed by atoms with Crippen LogP contribution in [0.2, 0.25) is 0 Å². The van der Waals surface area contributed by atoms with Crippen molar-refractivity contribution in [1.29, 1.82) is 0 Å². The zero-order valence-electron chi connectivity index (χ0n) is 14.2. The lowest BCUT2D eigenvalue weighted by molar-refractivity contribution is 0.102. The Kier molecular flexibility index (Phi) is 4.80. The lowest BCUT2D eigenvalue weighted by Gasteiger charge is -2.11. The standard InChI is InChI=1S/C17H18N4O3S/c1-4-6-13-19-20-17(25-13)18-16(23)11-9-21(2)14-10(15(11)22)7-5-8-12(14)24-3/h5,7-9H,4,6H2,1-3H3,(H,18,20,23). The number of carbonyl (C=O) groups is 1. The number of ether oxygens (including phenoxy) is 1. The van der Waals surface area contributed by atoms with Gasteiger partial charge in [-0.2, -0.15) is 0 Å². The molecule has 0 unspecified atom stereocenters. The number of aryl methyl sites for hydroxylation is 2. The highest BCUT2D eigenvalue weighted by atomic mass is 32.1. The van der Waals surface area contributed by atoms with Gasteiger partial charge in [0.05, 0.1) is 18.0 Å². The van der Waals surface area contributed by atoms with Crippen LogP contribution in [0.15, 0.2) is 29.2 Å². The molecule has 25 heavy (non-hydrogen) atoms. The number of hydrogen-bond acceptors (Lipinski definition) is 6. The summed E-state index contributed by atoms with van der Waals surface area (Å²) in [5.41, 5.74) is 0.353. The van der Waals surface area contributed by atoms with Gasteiger partial charge in [0.25, 0.3) is 5.91 Å². The molecule has 3 aromatic rings. The molecule has 0 saturated heterocycles. The van der Waals surface area contributed by atoms with E-state index in [0.29, 0.717) is 21.8 Å². The molecule has 0 bridgehead atoms. The first-order valence-corrected chi connectivity index (χ1v) is 8.66. The molecule has 0 aliphatic carbocycles. The average molecular weight is 358 g/mol. The largest absolute Gasteiger partial charge is 0.495 e. The quantitative estimate of drug-likeness (QED) is 0.758. The van der Waals surface area contributed by atoms with E-state index in [1.165, 1.54) is 17.5 Å². The summed E-state index contributed by atoms with van der Waals surface area (Å²) in [6, 6.07) is 5.19. The Morgan fingerprint density at radius 2 is 2.16 bits per heavy atom. The molecule has 0 aliphatic heterocycles. The van der Waals surface area contributed by atoms with E-state index in [4.69, 9.17) is 4.74 Å². The van der Waals surface area contributed by atoms with Crippen LogP contribution in [-0.2, 0) is 13.5 Å². The first-order chi connectivity index (χ1) is 12.0. The predicted octanol–water partition coefficient (Wildman–Crippen LogP) is 2.60. The van der Waals surface area contributed by atoms with Crippen molar-refractivity contribution in [2.24, 2.45) is 7.05 Å². The SMILES string of the molecule is CCCc1nnc(NC(=O)c2cn(C)c3c(OC)cccc3c2=O)s1. The lowest BCUT2D eigenvalue weighted by atomic mass is 10.1. The van der Waals surface area contributed by atoms with Gasteiger partial charge in [0.2, 0.25) is 10.6 Å². The van der Waals surface area contributed by atoms with E-state index >= 15 is 0 Å². The van der Waals surface area contributed by atoms with Crippen LogP contribution in [-0.4, -0.2) is 27.8 Å². The molecule has 2 heterocycles. The van der Waals surface area contributed by atoms with Gasteiger partial charge < -0.3 is 9.30 Å². The van der Waals surface area contributed by atoms with Gasteiger partial charge in [-0.05, 0) is 18.6 Å². The maximum Gasteiger partial charge on any atom is 0.262 e. The monoisotopic (exact) mass is 358 g/mol. The van der Waals surface area contributed by atoms with E-state index < -0.39 is 5.91 Å². The lowest BCUT2D eigenvalue weighted by Crippen LogP contribution is -2.23. The van der Waals surface area contributed by atoms with Crippen LogP contribution in [0.1, 0.15) is 28.7 Å². The van der Waals surface area contributed by atoms with Gasteiger partial charge in [0.1, 0.15) is 16.3 Å². The maximum atomic E-state index is 12.7. The fourth-order valence-corrected chi connectivity index (χ4v) is 3.48. The molecule has 0 aliphatic rings. The van der Waals surface area contributed by atoms with E-state index in [1.54, 1.807) is 36.9 Å². The molecule has 0 spiro atoms. The first kappa shape index (κ1) is 17.1. The number of nitrogens with one attached hydrogen (secondary N) is 1. The van der Waals surface area contributed by atoms with Crippen LogP contribution in [0.3, 0.4) is 0 Å². The summed E-state index contributed by atoms with van der Waals surface area (Å²) >= 11 is 1.32. The van der Waals surface area contributed by atoms with Gasteiger partial charge >= 0.3 is 0 Å². The second-order valence-corrected chi connectivity index (χ2v) is 6.61. The van der Waals surface area contributed by atoms with Crippen LogP contribution in [0.5, 0.6) is 5.75 Å². The Hall–Kier alpha value is -2.74.